The van der Waals surface area contributed by atoms with E-state index in [0.29, 0.717) is 29.5 Å². The zero-order valence-corrected chi connectivity index (χ0v) is 19.6. The van der Waals surface area contributed by atoms with E-state index in [4.69, 9.17) is 16.3 Å². The number of carboxylic acid groups (broad SMARTS) is 1. The maximum Gasteiger partial charge on any atom is 0.335 e. The number of fused-ring (bicyclic) bond motifs is 3. The Labute approximate surface area is 205 Å². The van der Waals surface area contributed by atoms with E-state index in [2.05, 4.69) is 5.32 Å². The molecule has 1 aliphatic rings. The lowest BCUT2D eigenvalue weighted by atomic mass is 10.00. The molecule has 34 heavy (non-hydrogen) atoms. The molecule has 5 nitrogen and oxygen atoms in total. The Morgan fingerprint density at radius 1 is 1.00 bits per heavy atom. The number of carboxylic acids is 1. The number of hydrogen-bond donors (Lipinski definition) is 2. The zero-order chi connectivity index (χ0) is 23.7. The largest absolute Gasteiger partial charge is 0.493 e. The predicted octanol–water partition coefficient (Wildman–Crippen LogP) is 6.30. The van der Waals surface area contributed by atoms with Gasteiger partial charge < -0.3 is 15.2 Å². The summed E-state index contributed by atoms with van der Waals surface area (Å²) < 4.78 is 6.02. The van der Waals surface area contributed by atoms with Crippen molar-refractivity contribution in [3.8, 4) is 27.3 Å². The fraction of sp³-hybridized carbons (Fsp3) is 0.111. The van der Waals surface area contributed by atoms with Crippen LogP contribution in [0.5, 0.6) is 5.75 Å². The summed E-state index contributed by atoms with van der Waals surface area (Å²) in [6.45, 7) is 0.857. The van der Waals surface area contributed by atoms with Gasteiger partial charge in [-0.05, 0) is 58.7 Å². The minimum absolute atomic E-state index is 0.137. The van der Waals surface area contributed by atoms with Gasteiger partial charge in [-0.1, -0.05) is 48.0 Å². The van der Waals surface area contributed by atoms with Crippen molar-refractivity contribution < 1.29 is 19.4 Å². The number of hydrogen-bond acceptors (Lipinski definition) is 4. The first kappa shape index (κ1) is 22.2. The summed E-state index contributed by atoms with van der Waals surface area (Å²) in [5.41, 5.74) is 4.80. The van der Waals surface area contributed by atoms with Crippen molar-refractivity contribution in [1.82, 2.24) is 5.32 Å². The Morgan fingerprint density at radius 3 is 2.65 bits per heavy atom. The number of halogens is 1. The topological polar surface area (TPSA) is 75.6 Å². The molecule has 0 saturated carbocycles. The van der Waals surface area contributed by atoms with E-state index in [0.717, 1.165) is 38.4 Å². The minimum atomic E-state index is -0.962. The molecule has 1 amide bonds. The van der Waals surface area contributed by atoms with Crippen LogP contribution in [0.2, 0.25) is 5.02 Å². The first-order valence-electron chi connectivity index (χ1n) is 10.7. The van der Waals surface area contributed by atoms with Crippen molar-refractivity contribution >= 4 is 34.8 Å². The van der Waals surface area contributed by atoms with Crippen LogP contribution in [0.3, 0.4) is 0 Å². The van der Waals surface area contributed by atoms with Crippen molar-refractivity contribution in [2.24, 2.45) is 0 Å². The van der Waals surface area contributed by atoms with Gasteiger partial charge in [0.05, 0.1) is 17.0 Å². The Balaban J connectivity index is 1.42. The minimum Gasteiger partial charge on any atom is -0.493 e. The molecule has 0 unspecified atom stereocenters. The van der Waals surface area contributed by atoms with E-state index in [1.807, 2.05) is 48.5 Å². The van der Waals surface area contributed by atoms with Crippen LogP contribution in [0.15, 0.2) is 72.8 Å². The fourth-order valence-corrected chi connectivity index (χ4v) is 5.33. The number of carbonyl (C=O) groups is 2. The third kappa shape index (κ3) is 4.42. The molecule has 7 heteroatoms. The lowest BCUT2D eigenvalue weighted by Gasteiger charge is -2.11. The van der Waals surface area contributed by atoms with Crippen LogP contribution >= 0.6 is 22.9 Å². The van der Waals surface area contributed by atoms with Crippen LogP contribution in [-0.2, 0) is 13.0 Å². The highest BCUT2D eigenvalue weighted by Crippen LogP contribution is 2.42. The summed E-state index contributed by atoms with van der Waals surface area (Å²) in [4.78, 5) is 25.8. The highest BCUT2D eigenvalue weighted by molar-refractivity contribution is 7.17. The summed E-state index contributed by atoms with van der Waals surface area (Å²) in [7, 11) is 0. The smallest absolute Gasteiger partial charge is 0.335 e. The van der Waals surface area contributed by atoms with Crippen molar-refractivity contribution in [1.29, 1.82) is 0 Å². The monoisotopic (exact) mass is 489 g/mol. The van der Waals surface area contributed by atoms with Gasteiger partial charge in [-0.2, -0.15) is 0 Å². The SMILES string of the molecule is O=C(O)c1cccc(-c2ccc3c(c2)OCCc2cc(C(=O)NCc4ccccc4Cl)sc2-3)c1. The van der Waals surface area contributed by atoms with Crippen LogP contribution in [0, 0.1) is 0 Å². The first-order chi connectivity index (χ1) is 16.5. The Hall–Kier alpha value is -3.61. The molecule has 3 aromatic carbocycles. The second kappa shape index (κ2) is 9.33. The Morgan fingerprint density at radius 2 is 1.82 bits per heavy atom. The zero-order valence-electron chi connectivity index (χ0n) is 18.0. The lowest BCUT2D eigenvalue weighted by Crippen LogP contribution is -2.21. The number of amides is 1. The van der Waals surface area contributed by atoms with Crippen molar-refractivity contribution in [2.75, 3.05) is 6.61 Å². The molecule has 5 rings (SSSR count). The summed E-state index contributed by atoms with van der Waals surface area (Å²) in [5, 5.41) is 12.9. The number of thiophene rings is 1. The predicted molar refractivity (Wildman–Crippen MR) is 134 cm³/mol. The molecule has 1 aromatic heterocycles. The van der Waals surface area contributed by atoms with E-state index in [1.54, 1.807) is 24.3 Å². The fourth-order valence-electron chi connectivity index (χ4n) is 3.97. The molecule has 2 heterocycles. The van der Waals surface area contributed by atoms with Crippen molar-refractivity contribution in [2.45, 2.75) is 13.0 Å². The Kier molecular flexibility index (Phi) is 6.09. The third-order valence-corrected chi connectivity index (χ3v) is 7.31. The standard InChI is InChI=1S/C27H20ClNO4S/c28-22-7-2-1-4-20(22)15-29-26(30)24-14-18-10-11-33-23-13-17(8-9-21(23)25(18)34-24)16-5-3-6-19(12-16)27(31)32/h1-9,12-14H,10-11,15H2,(H,29,30)(H,31,32). The number of aromatic carboxylic acids is 1. The molecule has 1 aliphatic heterocycles. The van der Waals surface area contributed by atoms with Crippen LogP contribution < -0.4 is 10.1 Å². The average Bonchev–Trinajstić information content (AvgIpc) is 3.20. The van der Waals surface area contributed by atoms with E-state index in [-0.39, 0.29) is 11.5 Å². The van der Waals surface area contributed by atoms with E-state index in [1.165, 1.54) is 11.3 Å². The van der Waals surface area contributed by atoms with Gasteiger partial charge in [-0.15, -0.1) is 11.3 Å². The third-order valence-electron chi connectivity index (χ3n) is 5.73. The number of nitrogens with one attached hydrogen (secondary N) is 1. The molecule has 4 aromatic rings. The second-order valence-corrected chi connectivity index (χ2v) is 9.39. The second-order valence-electron chi connectivity index (χ2n) is 7.93. The maximum absolute atomic E-state index is 12.8. The summed E-state index contributed by atoms with van der Waals surface area (Å²) in [5.74, 6) is -0.374. The number of ether oxygens (including phenoxy) is 1. The average molecular weight is 490 g/mol. The van der Waals surface area contributed by atoms with Crippen molar-refractivity contribution in [3.05, 3.63) is 99.4 Å². The maximum atomic E-state index is 12.8. The quantitative estimate of drug-likeness (QED) is 0.345. The first-order valence-corrected chi connectivity index (χ1v) is 11.9. The van der Waals surface area contributed by atoms with Crippen molar-refractivity contribution in [3.63, 3.8) is 0 Å². The number of rotatable bonds is 5. The molecule has 0 bridgehead atoms. The molecular formula is C27H20ClNO4S. The molecule has 0 saturated heterocycles. The van der Waals surface area contributed by atoms with Crippen LogP contribution in [-0.4, -0.2) is 23.6 Å². The molecule has 0 radical (unpaired) electrons. The van der Waals surface area contributed by atoms with E-state index >= 15 is 0 Å². The molecule has 0 aliphatic carbocycles. The van der Waals surface area contributed by atoms with Crippen LogP contribution in [0.25, 0.3) is 21.6 Å². The summed E-state index contributed by atoms with van der Waals surface area (Å²) >= 11 is 7.64. The summed E-state index contributed by atoms with van der Waals surface area (Å²) in [6.07, 6.45) is 0.697. The normalized spacial score (nSPS) is 12.1. The highest BCUT2D eigenvalue weighted by atomic mass is 35.5. The van der Waals surface area contributed by atoms with Gasteiger partial charge in [0.1, 0.15) is 5.75 Å². The van der Waals surface area contributed by atoms with Gasteiger partial charge in [-0.3, -0.25) is 4.79 Å². The number of benzene rings is 3. The molecule has 0 fully saturated rings. The van der Waals surface area contributed by atoms with Crippen LogP contribution in [0.1, 0.15) is 31.2 Å². The van der Waals surface area contributed by atoms with Gasteiger partial charge in [-0.25, -0.2) is 4.79 Å². The molecule has 0 atom stereocenters. The van der Waals surface area contributed by atoms with Gasteiger partial charge >= 0.3 is 5.97 Å². The van der Waals surface area contributed by atoms with Gasteiger partial charge in [0.15, 0.2) is 0 Å². The molecular weight excluding hydrogens is 470 g/mol. The van der Waals surface area contributed by atoms with E-state index < -0.39 is 5.97 Å². The van der Waals surface area contributed by atoms with Gasteiger partial charge in [0.2, 0.25) is 0 Å². The lowest BCUT2D eigenvalue weighted by molar-refractivity contribution is 0.0696. The highest BCUT2D eigenvalue weighted by Gasteiger charge is 2.22. The van der Waals surface area contributed by atoms with Gasteiger partial charge in [0.25, 0.3) is 5.91 Å². The van der Waals surface area contributed by atoms with Gasteiger partial charge in [0, 0.05) is 28.4 Å². The summed E-state index contributed by atoms with van der Waals surface area (Å²) in [6, 6.07) is 22.1. The molecule has 170 valence electrons. The number of carbonyl (C=O) groups excluding carboxylic acids is 1. The Bertz CT molecular complexity index is 1410. The molecule has 0 spiro atoms. The molecule has 2 N–H and O–H groups in total. The van der Waals surface area contributed by atoms with E-state index in [9.17, 15) is 14.7 Å². The van der Waals surface area contributed by atoms with Crippen LogP contribution in [0.4, 0.5) is 0 Å².